The van der Waals surface area contributed by atoms with Gasteiger partial charge in [0, 0.05) is 32.8 Å². The summed E-state index contributed by atoms with van der Waals surface area (Å²) in [7, 11) is -3.56. The molecule has 3 rings (SSSR count). The second-order valence-electron chi connectivity index (χ2n) is 7.70. The zero-order valence-electron chi connectivity index (χ0n) is 17.5. The Morgan fingerprint density at radius 3 is 2.52 bits per heavy atom. The third kappa shape index (κ3) is 5.29. The van der Waals surface area contributed by atoms with Crippen molar-refractivity contribution in [3.8, 4) is 0 Å². The summed E-state index contributed by atoms with van der Waals surface area (Å²) in [6, 6.07) is 5.09. The first kappa shape index (κ1) is 22.1. The van der Waals surface area contributed by atoms with Crippen LogP contribution in [-0.2, 0) is 19.6 Å². The van der Waals surface area contributed by atoms with E-state index < -0.39 is 10.0 Å². The van der Waals surface area contributed by atoms with E-state index in [-0.39, 0.29) is 16.9 Å². The molecular formula is C21H33N3O4S. The van der Waals surface area contributed by atoms with Crippen molar-refractivity contribution in [2.24, 2.45) is 0 Å². The highest BCUT2D eigenvalue weighted by Gasteiger charge is 2.27. The fourth-order valence-corrected chi connectivity index (χ4v) is 5.63. The number of sulfonamides is 1. The summed E-state index contributed by atoms with van der Waals surface area (Å²) in [4.78, 5) is 15.0. The zero-order valence-corrected chi connectivity index (χ0v) is 18.3. The van der Waals surface area contributed by atoms with Crippen molar-refractivity contribution in [1.82, 2.24) is 4.31 Å². The molecule has 1 aromatic carbocycles. The maximum absolute atomic E-state index is 13.1. The van der Waals surface area contributed by atoms with E-state index in [1.807, 2.05) is 19.9 Å². The van der Waals surface area contributed by atoms with Gasteiger partial charge in [0.05, 0.1) is 28.8 Å². The Morgan fingerprint density at radius 2 is 1.90 bits per heavy atom. The lowest BCUT2D eigenvalue weighted by atomic mass is 10.1. The van der Waals surface area contributed by atoms with Gasteiger partial charge in [0.2, 0.25) is 15.9 Å². The molecule has 0 aromatic heterocycles. The van der Waals surface area contributed by atoms with E-state index in [2.05, 4.69) is 10.2 Å². The number of hydrogen-bond acceptors (Lipinski definition) is 5. The first-order valence-corrected chi connectivity index (χ1v) is 12.2. The number of nitrogens with zero attached hydrogens (tertiary/aromatic N) is 2. The Labute approximate surface area is 174 Å². The molecule has 0 bridgehead atoms. The van der Waals surface area contributed by atoms with Crippen LogP contribution in [0, 0.1) is 0 Å². The number of benzene rings is 1. The maximum atomic E-state index is 13.1. The molecule has 1 amide bonds. The Kier molecular flexibility index (Phi) is 7.54. The summed E-state index contributed by atoms with van der Waals surface area (Å²) in [5, 5.41) is 2.96. The van der Waals surface area contributed by atoms with Gasteiger partial charge in [-0.15, -0.1) is 0 Å². The molecule has 8 heteroatoms. The van der Waals surface area contributed by atoms with Crippen molar-refractivity contribution in [1.29, 1.82) is 0 Å². The van der Waals surface area contributed by atoms with Gasteiger partial charge in [-0.25, -0.2) is 8.42 Å². The molecule has 1 atom stereocenters. The smallest absolute Gasteiger partial charge is 0.243 e. The van der Waals surface area contributed by atoms with Crippen LogP contribution in [-0.4, -0.2) is 57.5 Å². The standard InChI is InChI=1S/C21H33N3O4S/c1-3-23(4-2)20-11-10-18(29(26,27)24-12-6-5-7-13-24)16-19(20)22-21(25)15-17-9-8-14-28-17/h10-11,16-17H,3-9,12-15H2,1-2H3,(H,22,25)/t17-/m1/s1. The number of piperidine rings is 1. The average molecular weight is 424 g/mol. The molecule has 162 valence electrons. The number of carbonyl (C=O) groups is 1. The molecule has 0 unspecified atom stereocenters. The average Bonchev–Trinajstić information content (AvgIpc) is 3.23. The number of nitrogens with one attached hydrogen (secondary N) is 1. The van der Waals surface area contributed by atoms with Crippen LogP contribution in [0.1, 0.15) is 52.4 Å². The lowest BCUT2D eigenvalue weighted by Crippen LogP contribution is -2.35. The third-order valence-corrected chi connectivity index (χ3v) is 7.63. The topological polar surface area (TPSA) is 79.0 Å². The minimum absolute atomic E-state index is 0.0489. The highest BCUT2D eigenvalue weighted by Crippen LogP contribution is 2.31. The maximum Gasteiger partial charge on any atom is 0.243 e. The van der Waals surface area contributed by atoms with E-state index in [1.54, 1.807) is 16.4 Å². The van der Waals surface area contributed by atoms with E-state index in [0.29, 0.717) is 31.8 Å². The third-order valence-electron chi connectivity index (χ3n) is 5.74. The molecule has 2 heterocycles. The number of ether oxygens (including phenoxy) is 1. The highest BCUT2D eigenvalue weighted by molar-refractivity contribution is 7.89. The van der Waals surface area contributed by atoms with Gasteiger partial charge in [-0.1, -0.05) is 6.42 Å². The van der Waals surface area contributed by atoms with Crippen molar-refractivity contribution >= 4 is 27.3 Å². The van der Waals surface area contributed by atoms with E-state index in [4.69, 9.17) is 4.74 Å². The highest BCUT2D eigenvalue weighted by atomic mass is 32.2. The van der Waals surface area contributed by atoms with Crippen LogP contribution in [0.5, 0.6) is 0 Å². The predicted octanol–water partition coefficient (Wildman–Crippen LogP) is 3.22. The molecule has 1 aromatic rings. The van der Waals surface area contributed by atoms with Crippen LogP contribution in [0.25, 0.3) is 0 Å². The van der Waals surface area contributed by atoms with E-state index in [9.17, 15) is 13.2 Å². The second-order valence-corrected chi connectivity index (χ2v) is 9.64. The van der Waals surface area contributed by atoms with Crippen LogP contribution < -0.4 is 10.2 Å². The largest absolute Gasteiger partial charge is 0.378 e. The Bertz CT molecular complexity index is 796. The van der Waals surface area contributed by atoms with Crippen molar-refractivity contribution < 1.29 is 17.9 Å². The quantitative estimate of drug-likeness (QED) is 0.695. The lowest BCUT2D eigenvalue weighted by Gasteiger charge is -2.28. The molecule has 2 aliphatic rings. The van der Waals surface area contributed by atoms with Gasteiger partial charge in [0.25, 0.3) is 0 Å². The minimum atomic E-state index is -3.56. The van der Waals surface area contributed by atoms with Gasteiger partial charge in [0.15, 0.2) is 0 Å². The normalized spacial score (nSPS) is 20.6. The van der Waals surface area contributed by atoms with Crippen LogP contribution in [0.2, 0.25) is 0 Å². The van der Waals surface area contributed by atoms with Crippen molar-refractivity contribution in [3.05, 3.63) is 18.2 Å². The SMILES string of the molecule is CCN(CC)c1ccc(S(=O)(=O)N2CCCCC2)cc1NC(=O)C[C@H]1CCCO1. The zero-order chi connectivity index (χ0) is 20.9. The van der Waals surface area contributed by atoms with Gasteiger partial charge in [-0.05, 0) is 57.7 Å². The monoisotopic (exact) mass is 423 g/mol. The molecule has 2 aliphatic heterocycles. The number of rotatable bonds is 8. The Balaban J connectivity index is 1.87. The molecule has 0 spiro atoms. The van der Waals surface area contributed by atoms with Crippen molar-refractivity contribution in [2.45, 2.75) is 63.4 Å². The second kappa shape index (κ2) is 9.91. The Morgan fingerprint density at radius 1 is 1.17 bits per heavy atom. The molecular weight excluding hydrogens is 390 g/mol. The van der Waals surface area contributed by atoms with E-state index >= 15 is 0 Å². The molecule has 0 radical (unpaired) electrons. The first-order valence-electron chi connectivity index (χ1n) is 10.8. The van der Waals surface area contributed by atoms with Gasteiger partial charge < -0.3 is 15.0 Å². The summed E-state index contributed by atoms with van der Waals surface area (Å²) in [6.45, 7) is 7.43. The summed E-state index contributed by atoms with van der Waals surface area (Å²) >= 11 is 0. The fourth-order valence-electron chi connectivity index (χ4n) is 4.08. The van der Waals surface area contributed by atoms with Crippen molar-refractivity contribution in [2.75, 3.05) is 43.0 Å². The number of anilines is 2. The summed E-state index contributed by atoms with van der Waals surface area (Å²) < 4.78 is 33.3. The molecule has 2 fully saturated rings. The van der Waals surface area contributed by atoms with Gasteiger partial charge in [0.1, 0.15) is 0 Å². The van der Waals surface area contributed by atoms with Crippen LogP contribution in [0.4, 0.5) is 11.4 Å². The Hall–Kier alpha value is -1.64. The number of hydrogen-bond donors (Lipinski definition) is 1. The molecule has 0 saturated carbocycles. The lowest BCUT2D eigenvalue weighted by molar-refractivity contribution is -0.118. The summed E-state index contributed by atoms with van der Waals surface area (Å²) in [5.41, 5.74) is 1.39. The van der Waals surface area contributed by atoms with Crippen LogP contribution in [0.15, 0.2) is 23.1 Å². The first-order chi connectivity index (χ1) is 14.0. The van der Waals surface area contributed by atoms with Gasteiger partial charge >= 0.3 is 0 Å². The molecule has 1 N–H and O–H groups in total. The fraction of sp³-hybridized carbons (Fsp3) is 0.667. The molecule has 7 nitrogen and oxygen atoms in total. The van der Waals surface area contributed by atoms with E-state index in [0.717, 1.165) is 50.9 Å². The van der Waals surface area contributed by atoms with Crippen molar-refractivity contribution in [3.63, 3.8) is 0 Å². The summed E-state index contributed by atoms with van der Waals surface area (Å²) in [5.74, 6) is -0.141. The van der Waals surface area contributed by atoms with Gasteiger partial charge in [-0.3, -0.25) is 4.79 Å². The van der Waals surface area contributed by atoms with Crippen LogP contribution in [0.3, 0.4) is 0 Å². The van der Waals surface area contributed by atoms with E-state index in [1.165, 1.54) is 0 Å². The minimum Gasteiger partial charge on any atom is -0.378 e. The molecule has 0 aliphatic carbocycles. The molecule has 29 heavy (non-hydrogen) atoms. The predicted molar refractivity (Wildman–Crippen MR) is 115 cm³/mol. The van der Waals surface area contributed by atoms with Crippen LogP contribution >= 0.6 is 0 Å². The number of amides is 1. The number of carbonyl (C=O) groups excluding carboxylic acids is 1. The van der Waals surface area contributed by atoms with Gasteiger partial charge in [-0.2, -0.15) is 4.31 Å². The summed E-state index contributed by atoms with van der Waals surface area (Å²) in [6.07, 6.45) is 4.96. The molecule has 2 saturated heterocycles.